The molecule has 158 valence electrons. The Morgan fingerprint density at radius 1 is 1.00 bits per heavy atom. The van der Waals surface area contributed by atoms with Gasteiger partial charge in [0.2, 0.25) is 5.91 Å². The van der Waals surface area contributed by atoms with Crippen LogP contribution in [-0.4, -0.2) is 38.4 Å². The van der Waals surface area contributed by atoms with Crippen molar-refractivity contribution in [1.29, 1.82) is 0 Å². The minimum absolute atomic E-state index is 0.00581. The Hall–Kier alpha value is -3.32. The summed E-state index contributed by atoms with van der Waals surface area (Å²) in [6.07, 6.45) is 0.662. The number of aromatic nitrogens is 3. The van der Waals surface area contributed by atoms with Crippen molar-refractivity contribution in [3.05, 3.63) is 95.7 Å². The maximum Gasteiger partial charge on any atom is 0.233 e. The second kappa shape index (κ2) is 9.66. The number of hydrogen-bond acceptors (Lipinski definition) is 5. The first-order valence-electron chi connectivity index (χ1n) is 10.1. The molecule has 7 heteroatoms. The van der Waals surface area contributed by atoms with Gasteiger partial charge in [-0.05, 0) is 36.8 Å². The van der Waals surface area contributed by atoms with E-state index in [1.807, 2.05) is 72.2 Å². The maximum atomic E-state index is 12.7. The lowest BCUT2D eigenvalue weighted by Crippen LogP contribution is -2.27. The van der Waals surface area contributed by atoms with Crippen molar-refractivity contribution in [2.45, 2.75) is 25.0 Å². The third-order valence-electron chi connectivity index (χ3n) is 4.86. The smallest absolute Gasteiger partial charge is 0.233 e. The van der Waals surface area contributed by atoms with Crippen LogP contribution in [0.4, 0.5) is 0 Å². The van der Waals surface area contributed by atoms with Crippen LogP contribution in [0.5, 0.6) is 0 Å². The topological polar surface area (TPSA) is 64.2 Å². The number of hydrogen-bond donors (Lipinski definition) is 0. The molecule has 0 aliphatic heterocycles. The number of thioether (sulfide) groups is 1. The van der Waals surface area contributed by atoms with Crippen LogP contribution in [-0.2, 0) is 17.8 Å². The van der Waals surface area contributed by atoms with Crippen LogP contribution in [0.15, 0.2) is 82.4 Å². The van der Waals surface area contributed by atoms with E-state index in [0.29, 0.717) is 18.1 Å². The number of benzene rings is 2. The molecule has 2 heterocycles. The lowest BCUT2D eigenvalue weighted by atomic mass is 10.1. The number of furan rings is 1. The SMILES string of the molecule is Cc1ccc(CN(C)C(=O)CSc2nnc(Cc3ccccc3)n2-c2ccccc2)o1. The Balaban J connectivity index is 1.50. The summed E-state index contributed by atoms with van der Waals surface area (Å²) in [5.74, 6) is 2.73. The monoisotopic (exact) mass is 432 g/mol. The summed E-state index contributed by atoms with van der Waals surface area (Å²) >= 11 is 1.39. The van der Waals surface area contributed by atoms with Crippen molar-refractivity contribution in [3.63, 3.8) is 0 Å². The number of carbonyl (C=O) groups excluding carboxylic acids is 1. The summed E-state index contributed by atoms with van der Waals surface area (Å²) < 4.78 is 7.61. The van der Waals surface area contributed by atoms with E-state index in [9.17, 15) is 4.79 Å². The molecule has 0 spiro atoms. The quantitative estimate of drug-likeness (QED) is 0.383. The molecule has 0 aliphatic carbocycles. The third-order valence-corrected chi connectivity index (χ3v) is 5.77. The number of para-hydroxylation sites is 1. The van der Waals surface area contributed by atoms with Crippen LogP contribution in [0.2, 0.25) is 0 Å². The van der Waals surface area contributed by atoms with Crippen LogP contribution in [0.1, 0.15) is 22.9 Å². The number of amides is 1. The zero-order valence-corrected chi connectivity index (χ0v) is 18.4. The van der Waals surface area contributed by atoms with Crippen molar-refractivity contribution in [2.75, 3.05) is 12.8 Å². The molecule has 2 aromatic heterocycles. The van der Waals surface area contributed by atoms with Gasteiger partial charge in [-0.25, -0.2) is 0 Å². The van der Waals surface area contributed by atoms with Gasteiger partial charge in [0.05, 0.1) is 12.3 Å². The summed E-state index contributed by atoms with van der Waals surface area (Å²) in [7, 11) is 1.78. The Labute approximate surface area is 185 Å². The van der Waals surface area contributed by atoms with Gasteiger partial charge in [-0.3, -0.25) is 9.36 Å². The van der Waals surface area contributed by atoms with Gasteiger partial charge in [-0.15, -0.1) is 10.2 Å². The van der Waals surface area contributed by atoms with Gasteiger partial charge in [0.1, 0.15) is 17.3 Å². The predicted octanol–water partition coefficient (Wildman–Crippen LogP) is 4.51. The van der Waals surface area contributed by atoms with Crippen molar-refractivity contribution in [3.8, 4) is 5.69 Å². The molecule has 4 rings (SSSR count). The van der Waals surface area contributed by atoms with E-state index in [2.05, 4.69) is 22.3 Å². The molecule has 0 saturated heterocycles. The van der Waals surface area contributed by atoms with Gasteiger partial charge < -0.3 is 9.32 Å². The zero-order valence-electron chi connectivity index (χ0n) is 17.6. The highest BCUT2D eigenvalue weighted by molar-refractivity contribution is 7.99. The van der Waals surface area contributed by atoms with Crippen molar-refractivity contribution in [2.24, 2.45) is 0 Å². The highest BCUT2D eigenvalue weighted by atomic mass is 32.2. The van der Waals surface area contributed by atoms with Gasteiger partial charge in [0.15, 0.2) is 5.16 Å². The average molecular weight is 433 g/mol. The standard InChI is InChI=1S/C24H24N4O2S/c1-18-13-14-21(30-18)16-27(2)23(29)17-31-24-26-25-22(15-19-9-5-3-6-10-19)28(24)20-11-7-4-8-12-20/h3-14H,15-17H2,1-2H3. The van der Waals surface area contributed by atoms with E-state index >= 15 is 0 Å². The lowest BCUT2D eigenvalue weighted by molar-refractivity contribution is -0.127. The lowest BCUT2D eigenvalue weighted by Gasteiger charge is -2.15. The molecule has 2 aromatic carbocycles. The number of aryl methyl sites for hydroxylation is 1. The highest BCUT2D eigenvalue weighted by Crippen LogP contribution is 2.24. The van der Waals surface area contributed by atoms with Crippen LogP contribution in [0.25, 0.3) is 5.69 Å². The molecule has 0 atom stereocenters. The van der Waals surface area contributed by atoms with E-state index < -0.39 is 0 Å². The number of carbonyl (C=O) groups is 1. The summed E-state index contributed by atoms with van der Waals surface area (Å²) in [5.41, 5.74) is 2.14. The Morgan fingerprint density at radius 3 is 2.39 bits per heavy atom. The summed E-state index contributed by atoms with van der Waals surface area (Å²) in [4.78, 5) is 14.3. The zero-order chi connectivity index (χ0) is 21.6. The Bertz CT molecular complexity index is 1140. The van der Waals surface area contributed by atoms with Crippen molar-refractivity contribution in [1.82, 2.24) is 19.7 Å². The molecule has 0 unspecified atom stereocenters. The fraction of sp³-hybridized carbons (Fsp3) is 0.208. The molecule has 1 amide bonds. The van der Waals surface area contributed by atoms with E-state index in [1.165, 1.54) is 11.8 Å². The Kier molecular flexibility index (Phi) is 6.52. The van der Waals surface area contributed by atoms with Gasteiger partial charge in [-0.2, -0.15) is 0 Å². The van der Waals surface area contributed by atoms with E-state index in [1.54, 1.807) is 11.9 Å². The fourth-order valence-electron chi connectivity index (χ4n) is 3.25. The molecule has 0 N–H and O–H groups in total. The molecule has 31 heavy (non-hydrogen) atoms. The summed E-state index contributed by atoms with van der Waals surface area (Å²) in [5, 5.41) is 9.53. The molecule has 6 nitrogen and oxygen atoms in total. The van der Waals surface area contributed by atoms with Gasteiger partial charge in [0, 0.05) is 19.2 Å². The molecule has 0 saturated carbocycles. The predicted molar refractivity (Wildman–Crippen MR) is 121 cm³/mol. The average Bonchev–Trinajstić information content (AvgIpc) is 3.38. The highest BCUT2D eigenvalue weighted by Gasteiger charge is 2.18. The molecule has 4 aromatic rings. The first-order chi connectivity index (χ1) is 15.1. The van der Waals surface area contributed by atoms with Gasteiger partial charge in [0.25, 0.3) is 0 Å². The van der Waals surface area contributed by atoms with Crippen LogP contribution in [0, 0.1) is 6.92 Å². The molecule has 0 radical (unpaired) electrons. The largest absolute Gasteiger partial charge is 0.464 e. The van der Waals surface area contributed by atoms with Crippen molar-refractivity contribution < 1.29 is 9.21 Å². The van der Waals surface area contributed by atoms with Crippen LogP contribution < -0.4 is 0 Å². The normalized spacial score (nSPS) is 10.9. The summed E-state index contributed by atoms with van der Waals surface area (Å²) in [6, 6.07) is 24.0. The van der Waals surface area contributed by atoms with Crippen LogP contribution in [0.3, 0.4) is 0 Å². The number of nitrogens with zero attached hydrogens (tertiary/aromatic N) is 4. The van der Waals surface area contributed by atoms with E-state index in [4.69, 9.17) is 4.42 Å². The van der Waals surface area contributed by atoms with Gasteiger partial charge >= 0.3 is 0 Å². The van der Waals surface area contributed by atoms with E-state index in [0.717, 1.165) is 28.6 Å². The van der Waals surface area contributed by atoms with E-state index in [-0.39, 0.29) is 11.7 Å². The molecule has 0 aliphatic rings. The molecular formula is C24H24N4O2S. The summed E-state index contributed by atoms with van der Waals surface area (Å²) in [6.45, 7) is 2.34. The fourth-order valence-corrected chi connectivity index (χ4v) is 4.16. The maximum absolute atomic E-state index is 12.7. The molecule has 0 fully saturated rings. The van der Waals surface area contributed by atoms with Crippen LogP contribution >= 0.6 is 11.8 Å². The molecular weight excluding hydrogens is 408 g/mol. The van der Waals surface area contributed by atoms with Crippen molar-refractivity contribution >= 4 is 17.7 Å². The minimum Gasteiger partial charge on any atom is -0.464 e. The minimum atomic E-state index is 0.00581. The first kappa shape index (κ1) is 20.9. The molecule has 0 bridgehead atoms. The third kappa shape index (κ3) is 5.24. The first-order valence-corrected chi connectivity index (χ1v) is 11.0. The second-order valence-corrected chi connectivity index (χ2v) is 8.23. The number of rotatable bonds is 8. The Morgan fingerprint density at radius 2 is 1.71 bits per heavy atom. The van der Waals surface area contributed by atoms with Gasteiger partial charge in [-0.1, -0.05) is 60.3 Å². The second-order valence-electron chi connectivity index (χ2n) is 7.28.